The van der Waals surface area contributed by atoms with Crippen molar-refractivity contribution in [2.45, 2.75) is 27.4 Å². The van der Waals surface area contributed by atoms with Gasteiger partial charge in [-0.3, -0.25) is 19.4 Å². The van der Waals surface area contributed by atoms with Crippen molar-refractivity contribution in [3.63, 3.8) is 0 Å². The zero-order valence-electron chi connectivity index (χ0n) is 23.5. The number of rotatable bonds is 8. The maximum atomic E-state index is 13.9. The molecule has 8 heteroatoms. The van der Waals surface area contributed by atoms with Gasteiger partial charge >= 0.3 is 0 Å². The van der Waals surface area contributed by atoms with E-state index in [1.165, 1.54) is 20.9 Å². The highest BCUT2D eigenvalue weighted by molar-refractivity contribution is 9.10. The molecule has 0 radical (unpaired) electrons. The second kappa shape index (κ2) is 12.7. The molecular formula is C34H29BrN2O4S. The Kier molecular flexibility index (Phi) is 8.85. The van der Waals surface area contributed by atoms with Crippen LogP contribution in [0.25, 0.3) is 6.08 Å². The van der Waals surface area contributed by atoms with Crippen LogP contribution in [0.1, 0.15) is 29.2 Å². The average Bonchev–Trinajstić information content (AvgIpc) is 2.98. The summed E-state index contributed by atoms with van der Waals surface area (Å²) in [5.74, 6) is 0.0187. The first-order valence-electron chi connectivity index (χ1n) is 13.5. The van der Waals surface area contributed by atoms with Crippen LogP contribution in [-0.2, 0) is 16.2 Å². The molecule has 4 aromatic rings. The zero-order chi connectivity index (χ0) is 29.8. The summed E-state index contributed by atoms with van der Waals surface area (Å²) in [7, 11) is 0. The van der Waals surface area contributed by atoms with E-state index in [0.717, 1.165) is 5.56 Å². The fourth-order valence-corrected chi connectivity index (χ4v) is 5.58. The van der Waals surface area contributed by atoms with Gasteiger partial charge in [0.2, 0.25) is 0 Å². The van der Waals surface area contributed by atoms with Crippen molar-refractivity contribution in [3.8, 4) is 11.5 Å². The lowest BCUT2D eigenvalue weighted by atomic mass is 10.0. The summed E-state index contributed by atoms with van der Waals surface area (Å²) in [6, 6.07) is 27.9. The van der Waals surface area contributed by atoms with Gasteiger partial charge in [0.25, 0.3) is 11.8 Å². The number of para-hydroxylation sites is 2. The molecule has 0 atom stereocenters. The molecule has 0 aromatic heterocycles. The maximum Gasteiger partial charge on any atom is 0.270 e. The molecule has 6 nitrogen and oxygen atoms in total. The van der Waals surface area contributed by atoms with E-state index in [-0.39, 0.29) is 10.7 Å². The second-order valence-corrected chi connectivity index (χ2v) is 11.0. The Labute approximate surface area is 259 Å². The molecule has 0 N–H and O–H groups in total. The third-order valence-corrected chi connectivity index (χ3v) is 7.83. The number of amides is 2. The lowest BCUT2D eigenvalue weighted by Crippen LogP contribution is -2.56. The predicted octanol–water partition coefficient (Wildman–Crippen LogP) is 7.79. The number of hydrogen-bond acceptors (Lipinski definition) is 5. The van der Waals surface area contributed by atoms with Crippen LogP contribution >= 0.6 is 28.1 Å². The third kappa shape index (κ3) is 6.00. The molecule has 1 saturated heterocycles. The van der Waals surface area contributed by atoms with Crippen molar-refractivity contribution in [2.24, 2.45) is 0 Å². The molecule has 42 heavy (non-hydrogen) atoms. The lowest BCUT2D eigenvalue weighted by molar-refractivity contribution is -0.120. The molecular weight excluding hydrogens is 612 g/mol. The van der Waals surface area contributed by atoms with Crippen molar-refractivity contribution in [1.29, 1.82) is 0 Å². The topological polar surface area (TPSA) is 59.1 Å². The van der Waals surface area contributed by atoms with Crippen molar-refractivity contribution in [1.82, 2.24) is 0 Å². The summed E-state index contributed by atoms with van der Waals surface area (Å²) in [6.45, 7) is 6.79. The van der Waals surface area contributed by atoms with E-state index in [1.807, 2.05) is 49.4 Å². The average molecular weight is 642 g/mol. The van der Waals surface area contributed by atoms with Gasteiger partial charge in [-0.2, -0.15) is 0 Å². The highest BCUT2D eigenvalue weighted by Crippen LogP contribution is 2.39. The second-order valence-electron chi connectivity index (χ2n) is 9.76. The SMILES string of the molecule is CCOc1cc(C=C2C(=O)N(c3ccccc3)C(=S)N(c3ccccc3)C2=O)cc(Br)c1OCc1ccc(C)c(C)c1. The third-order valence-electron chi connectivity index (χ3n) is 6.88. The quantitative estimate of drug-likeness (QED) is 0.112. The lowest BCUT2D eigenvalue weighted by Gasteiger charge is -2.36. The van der Waals surface area contributed by atoms with Crippen LogP contribution in [-0.4, -0.2) is 23.5 Å². The van der Waals surface area contributed by atoms with E-state index in [9.17, 15) is 9.59 Å². The monoisotopic (exact) mass is 640 g/mol. The molecule has 0 unspecified atom stereocenters. The normalized spacial score (nSPS) is 13.4. The number of ether oxygens (including phenoxy) is 2. The molecule has 5 rings (SSSR count). The van der Waals surface area contributed by atoms with Crippen LogP contribution in [0.2, 0.25) is 0 Å². The number of hydrogen-bond donors (Lipinski definition) is 0. The zero-order valence-corrected chi connectivity index (χ0v) is 25.9. The highest BCUT2D eigenvalue weighted by atomic mass is 79.9. The van der Waals surface area contributed by atoms with Gasteiger partial charge in [-0.25, -0.2) is 0 Å². The standard InChI is InChI=1S/C34H29BrN2O4S/c1-4-40-30-20-25(19-29(35)31(30)41-21-24-16-15-22(2)23(3)17-24)18-28-32(38)36(26-11-7-5-8-12-26)34(42)37(33(28)39)27-13-9-6-10-14-27/h5-20H,4,21H2,1-3H3. The molecule has 0 saturated carbocycles. The van der Waals surface area contributed by atoms with Crippen LogP contribution in [0, 0.1) is 13.8 Å². The summed E-state index contributed by atoms with van der Waals surface area (Å²) >= 11 is 9.32. The predicted molar refractivity (Wildman–Crippen MR) is 174 cm³/mol. The summed E-state index contributed by atoms with van der Waals surface area (Å²) in [6.07, 6.45) is 1.57. The molecule has 0 aliphatic carbocycles. The van der Waals surface area contributed by atoms with Crippen LogP contribution in [0.4, 0.5) is 11.4 Å². The maximum absolute atomic E-state index is 13.9. The van der Waals surface area contributed by atoms with Crippen molar-refractivity contribution >= 4 is 62.5 Å². The van der Waals surface area contributed by atoms with E-state index in [2.05, 4.69) is 41.9 Å². The fraction of sp³-hybridized carbons (Fsp3) is 0.147. The van der Waals surface area contributed by atoms with E-state index in [1.54, 1.807) is 42.5 Å². The number of carbonyl (C=O) groups is 2. The number of carbonyl (C=O) groups excluding carboxylic acids is 2. The van der Waals surface area contributed by atoms with E-state index >= 15 is 0 Å². The summed E-state index contributed by atoms with van der Waals surface area (Å²) < 4.78 is 12.8. The van der Waals surface area contributed by atoms with Gasteiger partial charge in [0, 0.05) is 0 Å². The Morgan fingerprint density at radius 3 is 1.93 bits per heavy atom. The Bertz CT molecular complexity index is 1630. The van der Waals surface area contributed by atoms with Crippen LogP contribution in [0.3, 0.4) is 0 Å². The van der Waals surface area contributed by atoms with E-state index in [0.29, 0.717) is 46.1 Å². The number of aryl methyl sites for hydroxylation is 2. The van der Waals surface area contributed by atoms with Crippen molar-refractivity contribution in [3.05, 3.63) is 123 Å². The number of nitrogens with zero attached hydrogens (tertiary/aromatic N) is 2. The van der Waals surface area contributed by atoms with Gasteiger partial charge in [-0.05, 0) is 114 Å². The smallest absolute Gasteiger partial charge is 0.270 e. The van der Waals surface area contributed by atoms with Gasteiger partial charge in [0.15, 0.2) is 16.6 Å². The van der Waals surface area contributed by atoms with Crippen molar-refractivity contribution in [2.75, 3.05) is 16.4 Å². The number of anilines is 2. The Balaban J connectivity index is 1.54. The van der Waals surface area contributed by atoms with Gasteiger partial charge in [-0.1, -0.05) is 54.6 Å². The Morgan fingerprint density at radius 2 is 1.38 bits per heavy atom. The summed E-state index contributed by atoms with van der Waals surface area (Å²) in [5.41, 5.74) is 5.14. The highest BCUT2D eigenvalue weighted by Gasteiger charge is 2.41. The minimum Gasteiger partial charge on any atom is -0.490 e. The van der Waals surface area contributed by atoms with Gasteiger partial charge < -0.3 is 9.47 Å². The van der Waals surface area contributed by atoms with Gasteiger partial charge in [0.05, 0.1) is 22.5 Å². The molecule has 212 valence electrons. The number of benzene rings is 4. The first kappa shape index (κ1) is 29.2. The molecule has 2 amide bonds. The Hall–Kier alpha value is -4.27. The van der Waals surface area contributed by atoms with Crippen molar-refractivity contribution < 1.29 is 19.1 Å². The molecule has 1 heterocycles. The van der Waals surface area contributed by atoms with E-state index < -0.39 is 11.8 Å². The number of halogens is 1. The molecule has 4 aromatic carbocycles. The summed E-state index contributed by atoms with van der Waals surface area (Å²) in [4.78, 5) is 30.5. The van der Waals surface area contributed by atoms with E-state index in [4.69, 9.17) is 21.7 Å². The molecule has 0 bridgehead atoms. The molecule has 1 aliphatic rings. The minimum atomic E-state index is -0.507. The molecule has 1 aliphatic heterocycles. The number of thiocarbonyl (C=S) groups is 1. The summed E-state index contributed by atoms with van der Waals surface area (Å²) in [5, 5.41) is 0.0887. The molecule has 0 spiro atoms. The fourth-order valence-electron chi connectivity index (χ4n) is 4.63. The largest absolute Gasteiger partial charge is 0.490 e. The van der Waals surface area contributed by atoms with Gasteiger partial charge in [0.1, 0.15) is 12.2 Å². The van der Waals surface area contributed by atoms with Gasteiger partial charge in [-0.15, -0.1) is 0 Å². The minimum absolute atomic E-state index is 0.0329. The van der Waals surface area contributed by atoms with Crippen LogP contribution < -0.4 is 19.3 Å². The first-order valence-corrected chi connectivity index (χ1v) is 14.7. The molecule has 1 fully saturated rings. The van der Waals surface area contributed by atoms with Crippen LogP contribution in [0.15, 0.2) is 101 Å². The first-order chi connectivity index (χ1) is 20.3. The van der Waals surface area contributed by atoms with Crippen LogP contribution in [0.5, 0.6) is 11.5 Å². The Morgan fingerprint density at radius 1 is 0.786 bits per heavy atom.